The second kappa shape index (κ2) is 6.58. The van der Waals surface area contributed by atoms with Gasteiger partial charge in [-0.2, -0.15) is 0 Å². The third-order valence-electron chi connectivity index (χ3n) is 2.92. The van der Waals surface area contributed by atoms with Gasteiger partial charge in [-0.15, -0.1) is 0 Å². The Labute approximate surface area is 129 Å². The standard InChI is InChI=1S/C15H13BrFNO3/c1-21-13-7-6-9(16)8-10(13)14(15(19)20)18-12-5-3-2-4-11(12)17/h2-8,14,18H,1H3,(H,19,20). The third kappa shape index (κ3) is 3.52. The molecule has 2 aromatic rings. The number of methoxy groups -OCH3 is 1. The molecule has 2 aromatic carbocycles. The van der Waals surface area contributed by atoms with Gasteiger partial charge in [0.25, 0.3) is 0 Å². The highest BCUT2D eigenvalue weighted by molar-refractivity contribution is 9.10. The van der Waals surface area contributed by atoms with Crippen molar-refractivity contribution in [1.82, 2.24) is 0 Å². The van der Waals surface area contributed by atoms with E-state index in [9.17, 15) is 14.3 Å². The molecule has 4 nitrogen and oxygen atoms in total. The predicted molar refractivity (Wildman–Crippen MR) is 81.1 cm³/mol. The van der Waals surface area contributed by atoms with E-state index in [-0.39, 0.29) is 5.69 Å². The molecule has 0 fully saturated rings. The molecule has 0 heterocycles. The average molecular weight is 354 g/mol. The summed E-state index contributed by atoms with van der Waals surface area (Å²) in [7, 11) is 1.45. The quantitative estimate of drug-likeness (QED) is 0.857. The van der Waals surface area contributed by atoms with E-state index in [1.54, 1.807) is 24.3 Å². The summed E-state index contributed by atoms with van der Waals surface area (Å²) in [5.41, 5.74) is 0.523. The highest BCUT2D eigenvalue weighted by Crippen LogP contribution is 2.31. The first-order valence-corrected chi connectivity index (χ1v) is 6.89. The largest absolute Gasteiger partial charge is 0.496 e. The van der Waals surface area contributed by atoms with E-state index < -0.39 is 17.8 Å². The van der Waals surface area contributed by atoms with Crippen LogP contribution >= 0.6 is 15.9 Å². The number of halogens is 2. The van der Waals surface area contributed by atoms with Crippen LogP contribution in [-0.4, -0.2) is 18.2 Å². The van der Waals surface area contributed by atoms with Gasteiger partial charge in [0.15, 0.2) is 6.04 Å². The van der Waals surface area contributed by atoms with Crippen LogP contribution in [0.2, 0.25) is 0 Å². The molecule has 0 aliphatic carbocycles. The van der Waals surface area contributed by atoms with Crippen molar-refractivity contribution in [2.75, 3.05) is 12.4 Å². The molecule has 0 saturated heterocycles. The first kappa shape index (κ1) is 15.3. The molecule has 2 rings (SSSR count). The molecule has 0 aliphatic rings. The number of carbonyl (C=O) groups is 1. The summed E-state index contributed by atoms with van der Waals surface area (Å²) in [4.78, 5) is 11.5. The number of hydrogen-bond acceptors (Lipinski definition) is 3. The molecule has 0 spiro atoms. The van der Waals surface area contributed by atoms with Gasteiger partial charge >= 0.3 is 5.97 Å². The molecule has 0 bridgehead atoms. The Kier molecular flexibility index (Phi) is 4.80. The number of para-hydroxylation sites is 1. The molecule has 6 heteroatoms. The van der Waals surface area contributed by atoms with E-state index in [0.29, 0.717) is 15.8 Å². The van der Waals surface area contributed by atoms with Crippen LogP contribution in [0.1, 0.15) is 11.6 Å². The Morgan fingerprint density at radius 1 is 1.33 bits per heavy atom. The van der Waals surface area contributed by atoms with Gasteiger partial charge in [0.1, 0.15) is 11.6 Å². The molecule has 21 heavy (non-hydrogen) atoms. The Morgan fingerprint density at radius 3 is 2.67 bits per heavy atom. The van der Waals surface area contributed by atoms with E-state index in [0.717, 1.165) is 0 Å². The molecule has 0 aliphatic heterocycles. The minimum atomic E-state index is -1.13. The fourth-order valence-corrected chi connectivity index (χ4v) is 2.32. The SMILES string of the molecule is COc1ccc(Br)cc1C(Nc1ccccc1F)C(=O)O. The highest BCUT2D eigenvalue weighted by atomic mass is 79.9. The molecule has 110 valence electrons. The number of aliphatic carboxylic acids is 1. The van der Waals surface area contributed by atoms with Gasteiger partial charge < -0.3 is 15.2 Å². The van der Waals surface area contributed by atoms with Gasteiger partial charge in [0.2, 0.25) is 0 Å². The summed E-state index contributed by atoms with van der Waals surface area (Å²) in [6, 6.07) is 9.80. The second-order valence-electron chi connectivity index (χ2n) is 4.28. The van der Waals surface area contributed by atoms with E-state index in [1.807, 2.05) is 0 Å². The Bertz CT molecular complexity index is 663. The predicted octanol–water partition coefficient (Wildman–Crippen LogP) is 3.83. The van der Waals surface area contributed by atoms with Crippen LogP contribution in [-0.2, 0) is 4.79 Å². The lowest BCUT2D eigenvalue weighted by Gasteiger charge is -2.19. The van der Waals surface area contributed by atoms with Crippen molar-refractivity contribution in [2.24, 2.45) is 0 Å². The molecule has 0 aromatic heterocycles. The Morgan fingerprint density at radius 2 is 2.05 bits per heavy atom. The fraction of sp³-hybridized carbons (Fsp3) is 0.133. The lowest BCUT2D eigenvalue weighted by molar-refractivity contribution is -0.138. The summed E-state index contributed by atoms with van der Waals surface area (Å²) >= 11 is 3.29. The van der Waals surface area contributed by atoms with Crippen molar-refractivity contribution in [3.8, 4) is 5.75 Å². The van der Waals surface area contributed by atoms with Gasteiger partial charge in [0.05, 0.1) is 12.8 Å². The van der Waals surface area contributed by atoms with E-state index in [2.05, 4.69) is 21.2 Å². The second-order valence-corrected chi connectivity index (χ2v) is 5.20. The van der Waals surface area contributed by atoms with Gasteiger partial charge in [-0.25, -0.2) is 9.18 Å². The van der Waals surface area contributed by atoms with Crippen LogP contribution in [0.15, 0.2) is 46.9 Å². The summed E-state index contributed by atoms with van der Waals surface area (Å²) in [5.74, 6) is -1.23. The topological polar surface area (TPSA) is 58.6 Å². The van der Waals surface area contributed by atoms with Crippen molar-refractivity contribution in [3.63, 3.8) is 0 Å². The monoisotopic (exact) mass is 353 g/mol. The number of rotatable bonds is 5. The maximum atomic E-state index is 13.7. The average Bonchev–Trinajstić information content (AvgIpc) is 2.46. The van der Waals surface area contributed by atoms with Gasteiger partial charge in [-0.1, -0.05) is 28.1 Å². The molecule has 0 saturated carbocycles. The van der Waals surface area contributed by atoms with Gasteiger partial charge in [-0.05, 0) is 30.3 Å². The van der Waals surface area contributed by atoms with E-state index in [4.69, 9.17) is 4.74 Å². The highest BCUT2D eigenvalue weighted by Gasteiger charge is 2.24. The van der Waals surface area contributed by atoms with Crippen molar-refractivity contribution in [3.05, 3.63) is 58.3 Å². The van der Waals surface area contributed by atoms with Crippen LogP contribution in [0.3, 0.4) is 0 Å². The Hall–Kier alpha value is -2.08. The summed E-state index contributed by atoms with van der Waals surface area (Å²) in [6.45, 7) is 0. The smallest absolute Gasteiger partial charge is 0.330 e. The molecule has 2 N–H and O–H groups in total. The number of nitrogens with one attached hydrogen (secondary N) is 1. The lowest BCUT2D eigenvalue weighted by Crippen LogP contribution is -2.21. The molecule has 1 atom stereocenters. The number of benzene rings is 2. The number of hydrogen-bond donors (Lipinski definition) is 2. The molecular formula is C15H13BrFNO3. The number of anilines is 1. The van der Waals surface area contributed by atoms with Crippen molar-refractivity contribution < 1.29 is 19.0 Å². The summed E-state index contributed by atoms with van der Waals surface area (Å²) < 4.78 is 19.6. The van der Waals surface area contributed by atoms with Crippen LogP contribution in [0.5, 0.6) is 5.75 Å². The minimum Gasteiger partial charge on any atom is -0.496 e. The number of carboxylic acid groups (broad SMARTS) is 1. The van der Waals surface area contributed by atoms with Crippen LogP contribution in [0.4, 0.5) is 10.1 Å². The van der Waals surface area contributed by atoms with Crippen molar-refractivity contribution >= 4 is 27.6 Å². The van der Waals surface area contributed by atoms with Gasteiger partial charge in [0, 0.05) is 10.0 Å². The van der Waals surface area contributed by atoms with Gasteiger partial charge in [-0.3, -0.25) is 0 Å². The number of carboxylic acids is 1. The first-order valence-electron chi connectivity index (χ1n) is 6.10. The van der Waals surface area contributed by atoms with Crippen LogP contribution in [0, 0.1) is 5.82 Å². The number of ether oxygens (including phenoxy) is 1. The van der Waals surface area contributed by atoms with E-state index >= 15 is 0 Å². The zero-order chi connectivity index (χ0) is 15.4. The molecular weight excluding hydrogens is 341 g/mol. The normalized spacial score (nSPS) is 11.8. The van der Waals surface area contributed by atoms with E-state index in [1.165, 1.54) is 25.3 Å². The zero-order valence-electron chi connectivity index (χ0n) is 11.1. The minimum absolute atomic E-state index is 0.118. The first-order chi connectivity index (χ1) is 10.0. The maximum Gasteiger partial charge on any atom is 0.330 e. The summed E-state index contributed by atoms with van der Waals surface area (Å²) in [5, 5.41) is 12.1. The van der Waals surface area contributed by atoms with Crippen LogP contribution < -0.4 is 10.1 Å². The fourth-order valence-electron chi connectivity index (χ4n) is 1.94. The molecule has 0 radical (unpaired) electrons. The summed E-state index contributed by atoms with van der Waals surface area (Å²) in [6.07, 6.45) is 0. The third-order valence-corrected chi connectivity index (χ3v) is 3.42. The maximum absolute atomic E-state index is 13.7. The van der Waals surface area contributed by atoms with Crippen molar-refractivity contribution in [2.45, 2.75) is 6.04 Å². The van der Waals surface area contributed by atoms with Crippen molar-refractivity contribution in [1.29, 1.82) is 0 Å². The molecule has 1 unspecified atom stereocenters. The Balaban J connectivity index is 2.43. The molecule has 0 amide bonds. The van der Waals surface area contributed by atoms with Crippen LogP contribution in [0.25, 0.3) is 0 Å². The lowest BCUT2D eigenvalue weighted by atomic mass is 10.1. The zero-order valence-corrected chi connectivity index (χ0v) is 12.7.